The number of nitrogens with one attached hydrogen (secondary N) is 1. The number of hydrogen-bond acceptors (Lipinski definition) is 6. The molecule has 10 heteroatoms. The van der Waals surface area contributed by atoms with Crippen LogP contribution >= 0.6 is 0 Å². The van der Waals surface area contributed by atoms with E-state index in [0.717, 1.165) is 0 Å². The van der Waals surface area contributed by atoms with E-state index in [1.54, 1.807) is 6.92 Å². The molecule has 0 spiro atoms. The number of halogens is 1. The number of fused-ring (bicyclic) bond motifs is 1. The van der Waals surface area contributed by atoms with Crippen molar-refractivity contribution in [2.24, 2.45) is 0 Å². The number of carbonyl (C=O) groups is 3. The van der Waals surface area contributed by atoms with Gasteiger partial charge in [-0.15, -0.1) is 0 Å². The number of esters is 1. The summed E-state index contributed by atoms with van der Waals surface area (Å²) in [6.45, 7) is 2.15. The lowest BCUT2D eigenvalue weighted by Gasteiger charge is -2.19. The molecule has 1 aliphatic heterocycles. The van der Waals surface area contributed by atoms with Crippen LogP contribution in [0.1, 0.15) is 35.8 Å². The average molecular weight is 434 g/mol. The molecule has 2 aromatic carbocycles. The van der Waals surface area contributed by atoms with E-state index in [4.69, 9.17) is 4.74 Å². The van der Waals surface area contributed by atoms with Crippen molar-refractivity contribution in [1.82, 2.24) is 9.62 Å². The van der Waals surface area contributed by atoms with Gasteiger partial charge in [0.25, 0.3) is 21.8 Å². The zero-order chi connectivity index (χ0) is 22.1. The summed E-state index contributed by atoms with van der Waals surface area (Å²) in [5, 5.41) is 2.62. The summed E-state index contributed by atoms with van der Waals surface area (Å²) in [5.74, 6) is -2.91. The van der Waals surface area contributed by atoms with E-state index < -0.39 is 52.3 Å². The third kappa shape index (κ3) is 4.18. The molecule has 8 nitrogen and oxygen atoms in total. The van der Waals surface area contributed by atoms with Crippen molar-refractivity contribution in [3.63, 3.8) is 0 Å². The van der Waals surface area contributed by atoms with Crippen LogP contribution in [0, 0.1) is 5.82 Å². The first kappa shape index (κ1) is 21.4. The van der Waals surface area contributed by atoms with Gasteiger partial charge in [-0.1, -0.05) is 24.3 Å². The maximum Gasteiger partial charge on any atom is 0.327 e. The Hall–Kier alpha value is -3.27. The fourth-order valence-corrected chi connectivity index (χ4v) is 4.47. The van der Waals surface area contributed by atoms with Gasteiger partial charge in [-0.2, -0.15) is 0 Å². The molecule has 0 radical (unpaired) electrons. The minimum Gasteiger partial charge on any atom is -0.451 e. The lowest BCUT2D eigenvalue weighted by Crippen LogP contribution is -2.41. The third-order valence-electron chi connectivity index (χ3n) is 4.59. The number of sulfonamides is 1. The fourth-order valence-electron chi connectivity index (χ4n) is 2.96. The Morgan fingerprint density at radius 3 is 2.37 bits per heavy atom. The van der Waals surface area contributed by atoms with Gasteiger partial charge < -0.3 is 10.1 Å². The number of hydrogen-bond donors (Lipinski definition) is 1. The van der Waals surface area contributed by atoms with Gasteiger partial charge in [0.2, 0.25) is 0 Å². The second kappa shape index (κ2) is 8.23. The topological polar surface area (TPSA) is 110 Å². The van der Waals surface area contributed by atoms with Crippen LogP contribution in [0.25, 0.3) is 0 Å². The molecule has 0 saturated carbocycles. The summed E-state index contributed by atoms with van der Waals surface area (Å²) in [6.07, 6.45) is -1.23. The largest absolute Gasteiger partial charge is 0.451 e. The predicted molar refractivity (Wildman–Crippen MR) is 103 cm³/mol. The van der Waals surface area contributed by atoms with Crippen molar-refractivity contribution in [1.29, 1.82) is 0 Å². The normalized spacial score (nSPS) is 16.5. The number of rotatable bonds is 6. The lowest BCUT2D eigenvalue weighted by molar-refractivity contribution is -0.154. The molecule has 0 aromatic heterocycles. The zero-order valence-electron chi connectivity index (χ0n) is 16.2. The quantitative estimate of drug-likeness (QED) is 0.694. The molecule has 30 heavy (non-hydrogen) atoms. The molecule has 0 aliphatic carbocycles. The summed E-state index contributed by atoms with van der Waals surface area (Å²) in [5.41, 5.74) is 0.624. The molecule has 0 bridgehead atoms. The Balaban J connectivity index is 1.60. The van der Waals surface area contributed by atoms with Crippen LogP contribution < -0.4 is 5.32 Å². The van der Waals surface area contributed by atoms with Gasteiger partial charge in [-0.25, -0.2) is 17.1 Å². The first-order chi connectivity index (χ1) is 14.1. The minimum absolute atomic E-state index is 0.0239. The van der Waals surface area contributed by atoms with Crippen molar-refractivity contribution in [2.45, 2.75) is 30.9 Å². The molecule has 2 atom stereocenters. The van der Waals surface area contributed by atoms with Crippen molar-refractivity contribution < 1.29 is 31.9 Å². The number of amides is 2. The Bertz CT molecular complexity index is 1100. The third-order valence-corrected chi connectivity index (χ3v) is 6.38. The maximum absolute atomic E-state index is 13.0. The van der Waals surface area contributed by atoms with Gasteiger partial charge in [0.05, 0.1) is 11.6 Å². The molecule has 2 unspecified atom stereocenters. The van der Waals surface area contributed by atoms with Crippen LogP contribution in [-0.4, -0.2) is 43.2 Å². The molecule has 0 fully saturated rings. The number of carbonyl (C=O) groups excluding carboxylic acids is 3. The molecule has 1 aliphatic rings. The summed E-state index contributed by atoms with van der Waals surface area (Å²) >= 11 is 0. The molecule has 0 saturated heterocycles. The van der Waals surface area contributed by atoms with Crippen LogP contribution in [0.5, 0.6) is 0 Å². The van der Waals surface area contributed by atoms with Crippen molar-refractivity contribution in [3.8, 4) is 0 Å². The Labute approximate surface area is 172 Å². The molecular weight excluding hydrogens is 415 g/mol. The Kier molecular flexibility index (Phi) is 5.88. The SMILES string of the molecule is CC(OC(=O)CN1C(=O)c2ccccc2S1(=O)=O)C(=O)NC(C)c1ccc(F)cc1. The van der Waals surface area contributed by atoms with E-state index in [9.17, 15) is 27.2 Å². The second-order valence-electron chi connectivity index (χ2n) is 6.73. The van der Waals surface area contributed by atoms with Gasteiger partial charge in [0.15, 0.2) is 6.10 Å². The molecule has 2 amide bonds. The summed E-state index contributed by atoms with van der Waals surface area (Å²) in [6, 6.07) is 10.7. The standard InChI is InChI=1S/C20H19FN2O6S/c1-12(14-7-9-15(21)10-8-14)22-19(25)13(2)29-18(24)11-23-20(26)16-5-3-4-6-17(16)30(23,27)28/h3-10,12-13H,11H2,1-2H3,(H,22,25). The van der Waals surface area contributed by atoms with Crippen LogP contribution in [0.2, 0.25) is 0 Å². The highest BCUT2D eigenvalue weighted by molar-refractivity contribution is 7.90. The maximum atomic E-state index is 13.0. The molecule has 2 aromatic rings. The molecule has 1 N–H and O–H groups in total. The first-order valence-electron chi connectivity index (χ1n) is 9.02. The molecule has 3 rings (SSSR count). The highest BCUT2D eigenvalue weighted by Gasteiger charge is 2.42. The van der Waals surface area contributed by atoms with Crippen molar-refractivity contribution in [3.05, 3.63) is 65.5 Å². The zero-order valence-corrected chi connectivity index (χ0v) is 17.0. The van der Waals surface area contributed by atoms with Gasteiger partial charge >= 0.3 is 5.97 Å². The Morgan fingerprint density at radius 2 is 1.73 bits per heavy atom. The van der Waals surface area contributed by atoms with Crippen LogP contribution in [0.3, 0.4) is 0 Å². The van der Waals surface area contributed by atoms with Crippen LogP contribution in [0.15, 0.2) is 53.4 Å². The smallest absolute Gasteiger partial charge is 0.327 e. The number of benzene rings is 2. The fraction of sp³-hybridized carbons (Fsp3) is 0.250. The van der Waals surface area contributed by atoms with Crippen LogP contribution in [0.4, 0.5) is 4.39 Å². The van der Waals surface area contributed by atoms with Gasteiger partial charge in [0.1, 0.15) is 17.3 Å². The average Bonchev–Trinajstić information content (AvgIpc) is 2.89. The second-order valence-corrected chi connectivity index (χ2v) is 8.56. The Morgan fingerprint density at radius 1 is 1.10 bits per heavy atom. The van der Waals surface area contributed by atoms with E-state index >= 15 is 0 Å². The van der Waals surface area contributed by atoms with E-state index in [2.05, 4.69) is 5.32 Å². The monoisotopic (exact) mass is 434 g/mol. The molecular formula is C20H19FN2O6S. The molecule has 158 valence electrons. The highest BCUT2D eigenvalue weighted by Crippen LogP contribution is 2.29. The van der Waals surface area contributed by atoms with Gasteiger partial charge in [-0.3, -0.25) is 14.4 Å². The lowest BCUT2D eigenvalue weighted by atomic mass is 10.1. The summed E-state index contributed by atoms with van der Waals surface area (Å²) in [4.78, 5) is 36.6. The number of ether oxygens (including phenoxy) is 1. The number of nitrogens with zero attached hydrogens (tertiary/aromatic N) is 1. The summed E-state index contributed by atoms with van der Waals surface area (Å²) in [7, 11) is -4.15. The van der Waals surface area contributed by atoms with Crippen molar-refractivity contribution >= 4 is 27.8 Å². The summed E-state index contributed by atoms with van der Waals surface area (Å²) < 4.78 is 43.4. The molecule has 1 heterocycles. The van der Waals surface area contributed by atoms with Gasteiger partial charge in [0, 0.05) is 0 Å². The van der Waals surface area contributed by atoms with Crippen LogP contribution in [-0.2, 0) is 24.3 Å². The van der Waals surface area contributed by atoms with E-state index in [1.807, 2.05) is 0 Å². The predicted octanol–water partition coefficient (Wildman–Crippen LogP) is 1.78. The van der Waals surface area contributed by atoms with Crippen molar-refractivity contribution in [2.75, 3.05) is 6.54 Å². The first-order valence-corrected chi connectivity index (χ1v) is 10.5. The highest BCUT2D eigenvalue weighted by atomic mass is 32.2. The van der Waals surface area contributed by atoms with E-state index in [-0.39, 0.29) is 10.5 Å². The van der Waals surface area contributed by atoms with Gasteiger partial charge in [-0.05, 0) is 43.7 Å². The minimum atomic E-state index is -4.15. The van der Waals surface area contributed by atoms with E-state index in [0.29, 0.717) is 9.87 Å². The van der Waals surface area contributed by atoms with E-state index in [1.165, 1.54) is 55.5 Å².